The number of benzene rings is 2. The van der Waals surface area contributed by atoms with Crippen molar-refractivity contribution in [3.8, 4) is 5.88 Å². The largest absolute Gasteiger partial charge is 0.480 e. The molecule has 3 aromatic rings. The lowest BCUT2D eigenvalue weighted by Crippen LogP contribution is -2.23. The standard InChI is InChI=1S/C18H16F3N5O5S/c1-31-14-8-23-11-4-5-12(18(26(27)28)17(11)25-14)24-16-10(20)3-2-9(15(16)21)13(6-7-19)32(22,29)30/h2-5,8,13,24H,6-7H2,1H3,(H2,22,29,30). The van der Waals surface area contributed by atoms with E-state index in [4.69, 9.17) is 9.88 Å². The molecule has 14 heteroatoms. The second-order valence-electron chi connectivity index (χ2n) is 6.50. The van der Waals surface area contributed by atoms with Crippen molar-refractivity contribution in [3.63, 3.8) is 0 Å². The van der Waals surface area contributed by atoms with E-state index in [1.165, 1.54) is 19.4 Å². The van der Waals surface area contributed by atoms with E-state index in [1.807, 2.05) is 0 Å². The van der Waals surface area contributed by atoms with Gasteiger partial charge in [-0.1, -0.05) is 6.07 Å². The lowest BCUT2D eigenvalue weighted by atomic mass is 10.1. The Kier molecular flexibility index (Phi) is 6.45. The van der Waals surface area contributed by atoms with Crippen molar-refractivity contribution in [2.45, 2.75) is 11.7 Å². The Balaban J connectivity index is 2.19. The minimum absolute atomic E-state index is 0.0284. The van der Waals surface area contributed by atoms with Gasteiger partial charge in [0.1, 0.15) is 22.4 Å². The quantitative estimate of drug-likeness (QED) is 0.375. The van der Waals surface area contributed by atoms with Crippen LogP contribution in [-0.2, 0) is 10.0 Å². The van der Waals surface area contributed by atoms with Gasteiger partial charge in [0.05, 0.1) is 30.4 Å². The number of nitro groups is 1. The van der Waals surface area contributed by atoms with Gasteiger partial charge >= 0.3 is 5.69 Å². The second kappa shape index (κ2) is 8.92. The Labute approximate surface area is 179 Å². The highest BCUT2D eigenvalue weighted by Gasteiger charge is 2.30. The van der Waals surface area contributed by atoms with Crippen LogP contribution in [0.2, 0.25) is 0 Å². The number of hydrogen-bond donors (Lipinski definition) is 2. The second-order valence-corrected chi connectivity index (χ2v) is 8.25. The van der Waals surface area contributed by atoms with Gasteiger partial charge in [-0.25, -0.2) is 32.3 Å². The number of nitrogens with two attached hydrogens (primary N) is 1. The molecule has 1 aromatic heterocycles. The highest BCUT2D eigenvalue weighted by molar-refractivity contribution is 7.89. The smallest absolute Gasteiger partial charge is 0.320 e. The summed E-state index contributed by atoms with van der Waals surface area (Å²) in [7, 11) is -3.16. The number of nitrogens with zero attached hydrogens (tertiary/aromatic N) is 3. The van der Waals surface area contributed by atoms with Gasteiger partial charge in [-0.3, -0.25) is 14.5 Å². The molecular weight excluding hydrogens is 455 g/mol. The SMILES string of the molecule is COc1cnc2ccc(Nc3c(F)ccc(C(CCF)S(N)(=O)=O)c3F)c([N+](=O)[O-])c2n1. The third-order valence-corrected chi connectivity index (χ3v) is 5.84. The van der Waals surface area contributed by atoms with E-state index < -0.39 is 61.9 Å². The summed E-state index contributed by atoms with van der Waals surface area (Å²) in [6.45, 7) is -1.13. The van der Waals surface area contributed by atoms with Crippen LogP contribution in [0.4, 0.5) is 30.2 Å². The number of rotatable bonds is 8. The fourth-order valence-electron chi connectivity index (χ4n) is 3.09. The maximum Gasteiger partial charge on any atom is 0.320 e. The highest BCUT2D eigenvalue weighted by atomic mass is 32.2. The third-order valence-electron chi connectivity index (χ3n) is 4.55. The summed E-state index contributed by atoms with van der Waals surface area (Å²) in [5.74, 6) is -2.59. The van der Waals surface area contributed by atoms with Crippen LogP contribution in [0.3, 0.4) is 0 Å². The number of primary sulfonamides is 1. The molecule has 2 aromatic carbocycles. The van der Waals surface area contributed by atoms with Gasteiger partial charge in [0.2, 0.25) is 15.9 Å². The normalized spacial score (nSPS) is 12.5. The molecule has 10 nitrogen and oxygen atoms in total. The molecule has 0 bridgehead atoms. The fourth-order valence-corrected chi connectivity index (χ4v) is 4.05. The molecule has 1 atom stereocenters. The van der Waals surface area contributed by atoms with Gasteiger partial charge in [0.25, 0.3) is 0 Å². The topological polar surface area (TPSA) is 150 Å². The molecule has 170 valence electrons. The summed E-state index contributed by atoms with van der Waals surface area (Å²) in [5.41, 5.74) is -2.55. The first-order valence-corrected chi connectivity index (χ1v) is 10.5. The zero-order valence-corrected chi connectivity index (χ0v) is 17.2. The van der Waals surface area contributed by atoms with E-state index in [0.29, 0.717) is 0 Å². The predicted octanol–water partition coefficient (Wildman–Crippen LogP) is 3.26. The first-order chi connectivity index (χ1) is 15.1. The Bertz CT molecular complexity index is 1310. The molecule has 0 fully saturated rings. The van der Waals surface area contributed by atoms with Crippen molar-refractivity contribution in [2.75, 3.05) is 19.1 Å². The van der Waals surface area contributed by atoms with Crippen LogP contribution >= 0.6 is 0 Å². The molecule has 0 radical (unpaired) electrons. The van der Waals surface area contributed by atoms with Gasteiger partial charge in [-0.2, -0.15) is 0 Å². The van der Waals surface area contributed by atoms with Crippen LogP contribution in [0, 0.1) is 21.7 Å². The molecule has 1 heterocycles. The minimum atomic E-state index is -4.43. The lowest BCUT2D eigenvalue weighted by molar-refractivity contribution is -0.382. The summed E-state index contributed by atoms with van der Waals surface area (Å²) in [5, 5.41) is 17.3. The third kappa shape index (κ3) is 4.40. The van der Waals surface area contributed by atoms with Crippen molar-refractivity contribution < 1.29 is 31.2 Å². The summed E-state index contributed by atoms with van der Waals surface area (Å²) >= 11 is 0. The Morgan fingerprint density at radius 3 is 2.59 bits per heavy atom. The number of hydrogen-bond acceptors (Lipinski definition) is 8. The number of anilines is 2. The molecule has 32 heavy (non-hydrogen) atoms. The van der Waals surface area contributed by atoms with E-state index in [1.54, 1.807) is 0 Å². The molecule has 0 aliphatic rings. The Morgan fingerprint density at radius 1 is 1.28 bits per heavy atom. The van der Waals surface area contributed by atoms with Crippen LogP contribution in [0.1, 0.15) is 17.2 Å². The molecule has 3 N–H and O–H groups in total. The number of sulfonamides is 1. The summed E-state index contributed by atoms with van der Waals surface area (Å²) in [4.78, 5) is 18.8. The summed E-state index contributed by atoms with van der Waals surface area (Å²) in [6, 6.07) is 4.05. The summed E-state index contributed by atoms with van der Waals surface area (Å²) < 4.78 is 70.9. The van der Waals surface area contributed by atoms with E-state index in [-0.39, 0.29) is 22.6 Å². The van der Waals surface area contributed by atoms with E-state index in [9.17, 15) is 27.3 Å². The number of halogens is 3. The maximum absolute atomic E-state index is 15.1. The van der Waals surface area contributed by atoms with Gasteiger partial charge in [0, 0.05) is 5.56 Å². The molecule has 0 spiro atoms. The molecule has 0 amide bonds. The van der Waals surface area contributed by atoms with Crippen LogP contribution < -0.4 is 15.2 Å². The molecule has 0 aliphatic heterocycles. The molecule has 0 saturated heterocycles. The average molecular weight is 471 g/mol. The average Bonchev–Trinajstić information content (AvgIpc) is 2.73. The first-order valence-electron chi connectivity index (χ1n) is 8.89. The predicted molar refractivity (Wildman–Crippen MR) is 109 cm³/mol. The van der Waals surface area contributed by atoms with Crippen LogP contribution in [0.15, 0.2) is 30.5 Å². The monoisotopic (exact) mass is 471 g/mol. The van der Waals surface area contributed by atoms with Crippen molar-refractivity contribution >= 4 is 38.1 Å². The molecule has 0 saturated carbocycles. The molecule has 3 rings (SSSR count). The first kappa shape index (κ1) is 23.1. The number of nitrogens with one attached hydrogen (secondary N) is 1. The number of aromatic nitrogens is 2. The van der Waals surface area contributed by atoms with Crippen molar-refractivity contribution in [1.29, 1.82) is 0 Å². The van der Waals surface area contributed by atoms with Gasteiger partial charge in [-0.05, 0) is 24.6 Å². The molecule has 0 aliphatic carbocycles. The van der Waals surface area contributed by atoms with Crippen LogP contribution in [-0.4, -0.2) is 37.1 Å². The zero-order valence-electron chi connectivity index (χ0n) is 16.4. The number of fused-ring (bicyclic) bond motifs is 1. The van der Waals surface area contributed by atoms with Crippen LogP contribution in [0.5, 0.6) is 5.88 Å². The van der Waals surface area contributed by atoms with E-state index >= 15 is 4.39 Å². The lowest BCUT2D eigenvalue weighted by Gasteiger charge is -2.17. The number of nitro benzene ring substituents is 1. The molecule has 1 unspecified atom stereocenters. The highest BCUT2D eigenvalue weighted by Crippen LogP contribution is 2.38. The van der Waals surface area contributed by atoms with E-state index in [0.717, 1.165) is 18.2 Å². The number of ether oxygens (including phenoxy) is 1. The minimum Gasteiger partial charge on any atom is -0.480 e. The number of alkyl halides is 1. The maximum atomic E-state index is 15.1. The summed E-state index contributed by atoms with van der Waals surface area (Å²) in [6.07, 6.45) is 0.576. The van der Waals surface area contributed by atoms with Gasteiger partial charge < -0.3 is 10.1 Å². The number of methoxy groups -OCH3 is 1. The zero-order chi connectivity index (χ0) is 23.6. The van der Waals surface area contributed by atoms with Crippen LogP contribution in [0.25, 0.3) is 11.0 Å². The van der Waals surface area contributed by atoms with Gasteiger partial charge in [0.15, 0.2) is 11.3 Å². The Morgan fingerprint density at radius 2 is 2.00 bits per heavy atom. The van der Waals surface area contributed by atoms with Crippen molar-refractivity contribution in [1.82, 2.24) is 9.97 Å². The van der Waals surface area contributed by atoms with E-state index in [2.05, 4.69) is 15.3 Å². The fraction of sp³-hybridized carbons (Fsp3) is 0.222. The molecular formula is C18H16F3N5O5S. The van der Waals surface area contributed by atoms with Crippen molar-refractivity contribution in [2.24, 2.45) is 5.14 Å². The Hall–Kier alpha value is -3.52. The van der Waals surface area contributed by atoms with Crippen molar-refractivity contribution in [3.05, 3.63) is 57.8 Å². The van der Waals surface area contributed by atoms with Gasteiger partial charge in [-0.15, -0.1) is 0 Å².